The van der Waals surface area contributed by atoms with E-state index in [-0.39, 0.29) is 11.8 Å². The highest BCUT2D eigenvalue weighted by Crippen LogP contribution is 2.19. The summed E-state index contributed by atoms with van der Waals surface area (Å²) in [5, 5.41) is 8.55. The first kappa shape index (κ1) is 13.2. The summed E-state index contributed by atoms with van der Waals surface area (Å²) in [6.07, 6.45) is 1.52. The van der Waals surface area contributed by atoms with E-state index in [1.807, 2.05) is 11.4 Å². The summed E-state index contributed by atoms with van der Waals surface area (Å²) in [6, 6.07) is 2.04. The number of hydrogen-bond acceptors (Lipinski definition) is 4. The third kappa shape index (κ3) is 3.64. The van der Waals surface area contributed by atoms with Crippen molar-refractivity contribution in [3.63, 3.8) is 0 Å². The smallest absolute Gasteiger partial charge is 0.267 e. The second-order valence-corrected chi connectivity index (χ2v) is 5.74. The lowest BCUT2D eigenvalue weighted by atomic mass is 10.1. The molecule has 5 nitrogen and oxygen atoms in total. The van der Waals surface area contributed by atoms with Crippen LogP contribution < -0.4 is 10.7 Å². The molecule has 2 heterocycles. The minimum atomic E-state index is -0.203. The van der Waals surface area contributed by atoms with Gasteiger partial charge in [-0.3, -0.25) is 9.59 Å². The summed E-state index contributed by atoms with van der Waals surface area (Å²) in [5.41, 5.74) is 2.70. The number of halogens is 1. The summed E-state index contributed by atoms with van der Waals surface area (Å²) in [7, 11) is 0. The average Bonchev–Trinajstić information content (AvgIpc) is 2.76. The maximum atomic E-state index is 11.7. The highest BCUT2D eigenvalue weighted by molar-refractivity contribution is 9.10. The second kappa shape index (κ2) is 6.10. The summed E-state index contributed by atoms with van der Waals surface area (Å²) in [6.45, 7) is 0.568. The van der Waals surface area contributed by atoms with Crippen molar-refractivity contribution in [2.45, 2.75) is 19.3 Å². The molecule has 7 heteroatoms. The van der Waals surface area contributed by atoms with Crippen LogP contribution >= 0.6 is 27.3 Å². The quantitative estimate of drug-likeness (QED) is 0.877. The van der Waals surface area contributed by atoms with Gasteiger partial charge in [-0.2, -0.15) is 5.10 Å². The third-order valence-electron chi connectivity index (χ3n) is 2.45. The molecular formula is C11H12BrN3O2S. The summed E-state index contributed by atoms with van der Waals surface area (Å²) in [4.78, 5) is 23.8. The highest BCUT2D eigenvalue weighted by Gasteiger charge is 2.17. The molecule has 0 aliphatic carbocycles. The van der Waals surface area contributed by atoms with Gasteiger partial charge in [-0.1, -0.05) is 0 Å². The van der Waals surface area contributed by atoms with Gasteiger partial charge in [0, 0.05) is 34.1 Å². The van der Waals surface area contributed by atoms with E-state index in [1.165, 1.54) is 4.88 Å². The van der Waals surface area contributed by atoms with Crippen molar-refractivity contribution in [1.82, 2.24) is 10.7 Å². The summed E-state index contributed by atoms with van der Waals surface area (Å²) >= 11 is 5.04. The normalized spacial score (nSPS) is 14.9. The lowest BCUT2D eigenvalue weighted by Crippen LogP contribution is -2.37. The van der Waals surface area contributed by atoms with Crippen molar-refractivity contribution in [3.05, 3.63) is 20.8 Å². The topological polar surface area (TPSA) is 70.6 Å². The Bertz CT molecular complexity index is 498. The number of rotatable bonds is 4. The van der Waals surface area contributed by atoms with E-state index in [4.69, 9.17) is 0 Å². The van der Waals surface area contributed by atoms with Crippen molar-refractivity contribution in [2.75, 3.05) is 6.54 Å². The molecule has 18 heavy (non-hydrogen) atoms. The minimum absolute atomic E-state index is 0.144. The fourth-order valence-corrected chi connectivity index (χ4v) is 2.98. The summed E-state index contributed by atoms with van der Waals surface area (Å²) in [5.74, 6) is -0.347. The molecule has 0 aromatic carbocycles. The molecule has 0 fully saturated rings. The lowest BCUT2D eigenvalue weighted by molar-refractivity contribution is -0.121. The molecule has 1 aromatic rings. The Labute approximate surface area is 117 Å². The molecule has 96 valence electrons. The number of nitrogens with one attached hydrogen (secondary N) is 2. The Morgan fingerprint density at radius 3 is 3.00 bits per heavy atom. The van der Waals surface area contributed by atoms with Crippen molar-refractivity contribution in [2.24, 2.45) is 5.10 Å². The largest absolute Gasteiger partial charge is 0.351 e. The summed E-state index contributed by atoms with van der Waals surface area (Å²) < 4.78 is 1.06. The Hall–Kier alpha value is -1.21. The molecular weight excluding hydrogens is 318 g/mol. The Balaban J connectivity index is 1.77. The predicted molar refractivity (Wildman–Crippen MR) is 73.5 cm³/mol. The van der Waals surface area contributed by atoms with Crippen molar-refractivity contribution in [1.29, 1.82) is 0 Å². The van der Waals surface area contributed by atoms with Crippen LogP contribution in [0, 0.1) is 0 Å². The van der Waals surface area contributed by atoms with Crippen LogP contribution in [0.3, 0.4) is 0 Å². The van der Waals surface area contributed by atoms with Gasteiger partial charge in [0.2, 0.25) is 5.91 Å². The molecule has 0 saturated carbocycles. The van der Waals surface area contributed by atoms with Gasteiger partial charge in [0.25, 0.3) is 5.91 Å². The molecule has 0 spiro atoms. The van der Waals surface area contributed by atoms with Gasteiger partial charge < -0.3 is 5.32 Å². The third-order valence-corrected chi connectivity index (χ3v) is 4.20. The first-order valence-electron chi connectivity index (χ1n) is 5.51. The molecule has 0 saturated heterocycles. The van der Waals surface area contributed by atoms with Crippen molar-refractivity contribution < 1.29 is 9.59 Å². The molecule has 0 unspecified atom stereocenters. The Morgan fingerprint density at radius 1 is 1.56 bits per heavy atom. The molecule has 0 bridgehead atoms. The van der Waals surface area contributed by atoms with Crippen molar-refractivity contribution >= 4 is 44.8 Å². The number of carbonyl (C=O) groups excluding carboxylic acids is 2. The van der Waals surface area contributed by atoms with E-state index in [1.54, 1.807) is 11.3 Å². The molecule has 1 aromatic heterocycles. The molecule has 2 amide bonds. The fraction of sp³-hybridized carbons (Fsp3) is 0.364. The zero-order valence-electron chi connectivity index (χ0n) is 9.53. The zero-order valence-corrected chi connectivity index (χ0v) is 11.9. The maximum absolute atomic E-state index is 11.7. The predicted octanol–water partition coefficient (Wildman–Crippen LogP) is 1.44. The van der Waals surface area contributed by atoms with E-state index in [9.17, 15) is 9.59 Å². The monoisotopic (exact) mass is 329 g/mol. The van der Waals surface area contributed by atoms with Crippen molar-refractivity contribution in [3.8, 4) is 0 Å². The van der Waals surface area contributed by atoms with Crippen LogP contribution in [0.25, 0.3) is 0 Å². The minimum Gasteiger partial charge on any atom is -0.351 e. The van der Waals surface area contributed by atoms with Gasteiger partial charge in [0.15, 0.2) is 0 Å². The number of hydrogen-bond donors (Lipinski definition) is 2. The van der Waals surface area contributed by atoms with Crippen LogP contribution in [0.15, 0.2) is 21.0 Å². The molecule has 0 atom stereocenters. The van der Waals surface area contributed by atoms with Crippen LogP contribution in [-0.2, 0) is 16.0 Å². The fourth-order valence-electron chi connectivity index (χ4n) is 1.52. The molecule has 0 radical (unpaired) electrons. The van der Waals surface area contributed by atoms with Crippen LogP contribution in [-0.4, -0.2) is 24.1 Å². The molecule has 2 rings (SSSR count). The average molecular weight is 330 g/mol. The van der Waals surface area contributed by atoms with E-state index in [0.29, 0.717) is 25.1 Å². The van der Waals surface area contributed by atoms with E-state index >= 15 is 0 Å². The number of amides is 2. The first-order chi connectivity index (χ1) is 8.65. The van der Waals surface area contributed by atoms with Gasteiger partial charge in [-0.05, 0) is 28.4 Å². The number of nitrogens with zero attached hydrogens (tertiary/aromatic N) is 1. The molecule has 2 N–H and O–H groups in total. The molecule has 1 aliphatic rings. The first-order valence-corrected chi connectivity index (χ1v) is 7.19. The van der Waals surface area contributed by atoms with Crippen LogP contribution in [0.1, 0.15) is 17.7 Å². The highest BCUT2D eigenvalue weighted by atomic mass is 79.9. The van der Waals surface area contributed by atoms with E-state index < -0.39 is 0 Å². The van der Waals surface area contributed by atoms with Gasteiger partial charge in [-0.15, -0.1) is 11.3 Å². The number of thiophene rings is 1. The maximum Gasteiger partial charge on any atom is 0.267 e. The van der Waals surface area contributed by atoms with E-state index in [0.717, 1.165) is 10.9 Å². The SMILES string of the molecule is O=C1CCC(C(=O)NCCc2cc(Br)cs2)=NN1. The second-order valence-electron chi connectivity index (χ2n) is 3.83. The Kier molecular flexibility index (Phi) is 4.48. The zero-order chi connectivity index (χ0) is 13.0. The standard InChI is InChI=1S/C11H12BrN3O2S/c12-7-5-8(18-6-7)3-4-13-11(17)9-1-2-10(16)15-14-9/h5-6H,1-4H2,(H,13,17)(H,15,16). The van der Waals surface area contributed by atoms with Gasteiger partial charge >= 0.3 is 0 Å². The lowest BCUT2D eigenvalue weighted by Gasteiger charge is -2.11. The van der Waals surface area contributed by atoms with Gasteiger partial charge in [0.1, 0.15) is 5.71 Å². The van der Waals surface area contributed by atoms with Gasteiger partial charge in [-0.25, -0.2) is 5.43 Å². The Morgan fingerprint density at radius 2 is 2.39 bits per heavy atom. The van der Waals surface area contributed by atoms with Crippen LogP contribution in [0.4, 0.5) is 0 Å². The molecule has 1 aliphatic heterocycles. The van der Waals surface area contributed by atoms with Crippen LogP contribution in [0.5, 0.6) is 0 Å². The van der Waals surface area contributed by atoms with Gasteiger partial charge in [0.05, 0.1) is 0 Å². The van der Waals surface area contributed by atoms with Crippen LogP contribution in [0.2, 0.25) is 0 Å². The number of hydrazone groups is 1. The van der Waals surface area contributed by atoms with E-state index in [2.05, 4.69) is 31.8 Å². The number of carbonyl (C=O) groups is 2.